The van der Waals surface area contributed by atoms with Crippen molar-refractivity contribution in [2.45, 2.75) is 51.2 Å². The van der Waals surface area contributed by atoms with Crippen molar-refractivity contribution in [3.63, 3.8) is 0 Å². The van der Waals surface area contributed by atoms with Gasteiger partial charge in [0.2, 0.25) is 0 Å². The van der Waals surface area contributed by atoms with Crippen LogP contribution in [0.2, 0.25) is 0 Å². The Morgan fingerprint density at radius 2 is 1.73 bits per heavy atom. The normalized spacial score (nSPS) is 16.0. The van der Waals surface area contributed by atoms with Crippen LogP contribution in [0.3, 0.4) is 0 Å². The SMILES string of the molecule is CC#CC(CC(=O)OC)c1ccc(OCc2ccc3scc(-c4ccc(OCC5(O)CCS(=O)(=O)CC5)cc4C)c3c2)cc1. The molecule has 9 heteroatoms. The summed E-state index contributed by atoms with van der Waals surface area (Å²) in [5, 5.41) is 14.1. The van der Waals surface area contributed by atoms with Gasteiger partial charge in [-0.05, 0) is 90.7 Å². The first-order chi connectivity index (χ1) is 21.1. The lowest BCUT2D eigenvalue weighted by Crippen LogP contribution is -2.43. The predicted molar refractivity (Wildman–Crippen MR) is 174 cm³/mol. The number of methoxy groups -OCH3 is 1. The molecule has 0 bridgehead atoms. The lowest BCUT2D eigenvalue weighted by molar-refractivity contribution is -0.140. The van der Waals surface area contributed by atoms with Crippen LogP contribution in [0.1, 0.15) is 48.8 Å². The number of aliphatic hydroxyl groups is 1. The van der Waals surface area contributed by atoms with E-state index in [1.807, 2.05) is 49.4 Å². The van der Waals surface area contributed by atoms with Crippen molar-refractivity contribution < 1.29 is 32.5 Å². The first-order valence-electron chi connectivity index (χ1n) is 14.5. The molecule has 0 spiro atoms. The van der Waals surface area contributed by atoms with E-state index < -0.39 is 15.4 Å². The molecule has 1 saturated heterocycles. The monoisotopic (exact) mass is 632 g/mol. The zero-order valence-electron chi connectivity index (χ0n) is 25.1. The van der Waals surface area contributed by atoms with Gasteiger partial charge in [0.1, 0.15) is 30.3 Å². The first-order valence-corrected chi connectivity index (χ1v) is 17.2. The molecular weight excluding hydrogens is 597 g/mol. The van der Waals surface area contributed by atoms with E-state index in [1.165, 1.54) is 11.8 Å². The van der Waals surface area contributed by atoms with E-state index in [0.717, 1.165) is 39.0 Å². The average Bonchev–Trinajstić information content (AvgIpc) is 3.44. The van der Waals surface area contributed by atoms with Crippen LogP contribution in [0.5, 0.6) is 11.5 Å². The highest BCUT2D eigenvalue weighted by Crippen LogP contribution is 2.38. The smallest absolute Gasteiger partial charge is 0.307 e. The number of thiophene rings is 1. The molecule has 0 radical (unpaired) electrons. The minimum atomic E-state index is -3.06. The Hall–Kier alpha value is -3.84. The molecule has 3 aromatic carbocycles. The van der Waals surface area contributed by atoms with E-state index >= 15 is 0 Å². The van der Waals surface area contributed by atoms with Crippen LogP contribution in [0.15, 0.2) is 66.0 Å². The summed E-state index contributed by atoms with van der Waals surface area (Å²) in [6.45, 7) is 4.26. The number of fused-ring (bicyclic) bond motifs is 1. The fourth-order valence-corrected chi connectivity index (χ4v) is 7.85. The average molecular weight is 633 g/mol. The van der Waals surface area contributed by atoms with Gasteiger partial charge in [0, 0.05) is 15.6 Å². The number of ether oxygens (including phenoxy) is 3. The molecule has 0 amide bonds. The summed E-state index contributed by atoms with van der Waals surface area (Å²) in [7, 11) is -1.68. The molecule has 1 N–H and O–H groups in total. The summed E-state index contributed by atoms with van der Waals surface area (Å²) in [6, 6.07) is 19.9. The topological polar surface area (TPSA) is 99.1 Å². The second-order valence-electron chi connectivity index (χ2n) is 11.2. The number of carbonyl (C=O) groups is 1. The molecule has 1 aliphatic heterocycles. The third-order valence-electron chi connectivity index (χ3n) is 8.00. The molecule has 5 rings (SSSR count). The van der Waals surface area contributed by atoms with Crippen molar-refractivity contribution in [2.24, 2.45) is 0 Å². The second kappa shape index (κ2) is 13.4. The number of esters is 1. The fourth-order valence-electron chi connectivity index (χ4n) is 5.32. The summed E-state index contributed by atoms with van der Waals surface area (Å²) in [6.07, 6.45) is 0.583. The molecule has 0 saturated carbocycles. The van der Waals surface area contributed by atoms with Crippen molar-refractivity contribution in [2.75, 3.05) is 25.2 Å². The zero-order chi connectivity index (χ0) is 31.3. The molecule has 7 nitrogen and oxygen atoms in total. The maximum Gasteiger partial charge on any atom is 0.307 e. The van der Waals surface area contributed by atoms with Crippen molar-refractivity contribution in [1.29, 1.82) is 0 Å². The molecule has 4 aromatic rings. The van der Waals surface area contributed by atoms with Gasteiger partial charge in [0.25, 0.3) is 0 Å². The number of hydrogen-bond acceptors (Lipinski definition) is 8. The summed E-state index contributed by atoms with van der Waals surface area (Å²) in [5.41, 5.74) is 4.12. The lowest BCUT2D eigenvalue weighted by atomic mass is 9.96. The Kier molecular flexibility index (Phi) is 9.64. The Morgan fingerprint density at radius 3 is 2.41 bits per heavy atom. The van der Waals surface area contributed by atoms with Crippen molar-refractivity contribution in [3.8, 4) is 34.5 Å². The van der Waals surface area contributed by atoms with Crippen molar-refractivity contribution in [3.05, 3.63) is 82.7 Å². The highest BCUT2D eigenvalue weighted by Gasteiger charge is 2.36. The number of aryl methyl sites for hydroxylation is 1. The molecule has 1 aliphatic rings. The molecule has 0 aliphatic carbocycles. The predicted octanol–water partition coefficient (Wildman–Crippen LogP) is 6.44. The van der Waals surface area contributed by atoms with Gasteiger partial charge in [-0.1, -0.05) is 30.2 Å². The molecule has 1 aromatic heterocycles. The summed E-state index contributed by atoms with van der Waals surface area (Å²) in [5.74, 6) is 6.80. The van der Waals surface area contributed by atoms with Crippen LogP contribution in [0.4, 0.5) is 0 Å². The van der Waals surface area contributed by atoms with Crippen LogP contribution >= 0.6 is 11.3 Å². The van der Waals surface area contributed by atoms with Crippen molar-refractivity contribution in [1.82, 2.24) is 0 Å². The number of rotatable bonds is 10. The number of sulfone groups is 1. The van der Waals surface area contributed by atoms with Crippen LogP contribution in [-0.2, 0) is 26.0 Å². The van der Waals surface area contributed by atoms with Gasteiger partial charge < -0.3 is 19.3 Å². The maximum atomic E-state index is 11.8. The van der Waals surface area contributed by atoms with E-state index in [4.69, 9.17) is 14.2 Å². The minimum Gasteiger partial charge on any atom is -0.491 e. The second-order valence-corrected chi connectivity index (χ2v) is 14.4. The van der Waals surface area contributed by atoms with Crippen LogP contribution in [0.25, 0.3) is 21.2 Å². The molecule has 1 fully saturated rings. The van der Waals surface area contributed by atoms with E-state index in [9.17, 15) is 18.3 Å². The van der Waals surface area contributed by atoms with E-state index in [1.54, 1.807) is 18.3 Å². The standard InChI is InChI=1S/C35H36O7S2/c1-4-5-27(20-34(36)40-3)26-7-9-28(10-8-26)41-21-25-6-13-33-31(19-25)32(22-43-33)30-12-11-29(18-24(30)2)42-23-35(37)14-16-44(38,39)17-15-35/h6-13,18-19,22,27,37H,14-17,20-21,23H2,1-3H3. The molecule has 1 atom stereocenters. The van der Waals surface area contributed by atoms with E-state index in [2.05, 4.69) is 35.4 Å². The summed E-state index contributed by atoms with van der Waals surface area (Å²) < 4.78 is 41.5. The maximum absolute atomic E-state index is 11.8. The highest BCUT2D eigenvalue weighted by atomic mass is 32.2. The third kappa shape index (κ3) is 7.62. The van der Waals surface area contributed by atoms with Gasteiger partial charge in [-0.15, -0.1) is 17.3 Å². The number of hydrogen-bond donors (Lipinski definition) is 1. The molecule has 230 valence electrons. The van der Waals surface area contributed by atoms with Crippen LogP contribution in [0, 0.1) is 18.8 Å². The Bertz CT molecular complexity index is 1800. The summed E-state index contributed by atoms with van der Waals surface area (Å²) in [4.78, 5) is 11.8. The third-order valence-corrected chi connectivity index (χ3v) is 10.6. The fraction of sp³-hybridized carbons (Fsp3) is 0.343. The number of benzene rings is 3. The Balaban J connectivity index is 1.25. The van der Waals surface area contributed by atoms with Gasteiger partial charge in [0.05, 0.1) is 31.0 Å². The highest BCUT2D eigenvalue weighted by molar-refractivity contribution is 7.91. The van der Waals surface area contributed by atoms with Crippen LogP contribution < -0.4 is 9.47 Å². The Labute approximate surface area is 262 Å². The molecule has 44 heavy (non-hydrogen) atoms. The summed E-state index contributed by atoms with van der Waals surface area (Å²) >= 11 is 1.69. The van der Waals surface area contributed by atoms with Gasteiger partial charge in [0.15, 0.2) is 9.84 Å². The zero-order valence-corrected chi connectivity index (χ0v) is 26.7. The molecular formula is C35H36O7S2. The van der Waals surface area contributed by atoms with Crippen LogP contribution in [-0.4, -0.2) is 50.3 Å². The molecule has 1 unspecified atom stereocenters. The van der Waals surface area contributed by atoms with Gasteiger partial charge in [-0.3, -0.25) is 4.79 Å². The Morgan fingerprint density at radius 1 is 1.00 bits per heavy atom. The minimum absolute atomic E-state index is 0.0110. The quantitative estimate of drug-likeness (QED) is 0.159. The lowest BCUT2D eigenvalue weighted by Gasteiger charge is -2.31. The largest absolute Gasteiger partial charge is 0.491 e. The molecule has 2 heterocycles. The van der Waals surface area contributed by atoms with Gasteiger partial charge >= 0.3 is 5.97 Å². The van der Waals surface area contributed by atoms with Gasteiger partial charge in [-0.25, -0.2) is 8.42 Å². The number of carbonyl (C=O) groups excluding carboxylic acids is 1. The van der Waals surface area contributed by atoms with Gasteiger partial charge in [-0.2, -0.15) is 0 Å². The van der Waals surface area contributed by atoms with Crippen molar-refractivity contribution >= 4 is 37.2 Å². The van der Waals surface area contributed by atoms with E-state index in [-0.39, 0.29) is 49.3 Å². The van der Waals surface area contributed by atoms with E-state index in [0.29, 0.717) is 12.4 Å². The first kappa shape index (κ1) is 31.6.